The van der Waals surface area contributed by atoms with E-state index in [-0.39, 0.29) is 12.4 Å². The quantitative estimate of drug-likeness (QED) is 0.0405. The fourth-order valence-electron chi connectivity index (χ4n) is 4.94. The normalized spacial score (nSPS) is 12.1. The number of guanidine groups is 1. The first kappa shape index (κ1) is 49.2. The number of aliphatic carboxylic acids is 4. The van der Waals surface area contributed by atoms with Gasteiger partial charge in [-0.3, -0.25) is 14.4 Å². The topological polar surface area (TPSA) is 330 Å². The molecular formula is C43H51ClN8O8. The van der Waals surface area contributed by atoms with E-state index in [4.69, 9.17) is 61.3 Å². The van der Waals surface area contributed by atoms with E-state index in [1.807, 2.05) is 60.7 Å². The second-order valence-corrected chi connectivity index (χ2v) is 13.5. The Morgan fingerprint density at radius 3 is 1.27 bits per heavy atom. The van der Waals surface area contributed by atoms with Crippen LogP contribution in [0.4, 0.5) is 17.1 Å². The maximum atomic E-state index is 11.2. The van der Waals surface area contributed by atoms with E-state index in [0.717, 1.165) is 27.9 Å². The Morgan fingerprint density at radius 1 is 0.517 bits per heavy atom. The summed E-state index contributed by atoms with van der Waals surface area (Å²) in [5.41, 5.74) is 37.7. The van der Waals surface area contributed by atoms with Gasteiger partial charge in [-0.1, -0.05) is 96.5 Å². The number of nitrogens with zero attached hydrogens (tertiary/aromatic N) is 1. The summed E-state index contributed by atoms with van der Waals surface area (Å²) >= 11 is 5.66. The van der Waals surface area contributed by atoms with Crippen molar-refractivity contribution in [2.24, 2.45) is 33.7 Å². The summed E-state index contributed by atoms with van der Waals surface area (Å²) in [5, 5.41) is 38.6. The van der Waals surface area contributed by atoms with Gasteiger partial charge in [0.1, 0.15) is 24.2 Å². The minimum absolute atomic E-state index is 0.0185. The standard InChI is InChI=1S/C15H15NO2.C10H14N4O2.C9H10ClNO2.C9H12N2O2/c17-15(18)14(11-12-7-3-1-4-8-12)16-13-9-5-2-6-10-13;11-8(9(15)16)5-6-1-3-7(4-2-6)14-10(12)13;2*10-7-3-1-6(2-4-7)5-8(11)9(12)13/h1-10,14,16H,11H2,(H,17,18);1-4,8H,5,11H2,(H,15,16)(H4,12,13,14);1-4,8H,5,11H2,(H,12,13);1-4,8H,5,10-11H2,(H,12,13)/t14-;3*8-/m0000/s1. The molecule has 0 saturated heterocycles. The van der Waals surface area contributed by atoms with Crippen molar-refractivity contribution in [1.29, 1.82) is 0 Å². The number of rotatable bonds is 15. The molecule has 0 fully saturated rings. The zero-order valence-corrected chi connectivity index (χ0v) is 33.3. The minimum Gasteiger partial charge on any atom is -0.480 e. The molecule has 5 aromatic rings. The van der Waals surface area contributed by atoms with Gasteiger partial charge in [0, 0.05) is 22.8 Å². The summed E-state index contributed by atoms with van der Waals surface area (Å²) in [7, 11) is 0. The highest BCUT2D eigenvalue weighted by Gasteiger charge is 2.17. The molecule has 5 aromatic carbocycles. The van der Waals surface area contributed by atoms with Crippen LogP contribution >= 0.6 is 11.6 Å². The molecule has 0 unspecified atom stereocenters. The highest BCUT2D eigenvalue weighted by atomic mass is 35.5. The van der Waals surface area contributed by atoms with Crippen LogP contribution in [0.3, 0.4) is 0 Å². The number of nitrogen functional groups attached to an aromatic ring is 1. The number of hydrogen-bond acceptors (Lipinski definition) is 10. The molecule has 0 amide bonds. The van der Waals surface area contributed by atoms with E-state index in [2.05, 4.69) is 10.3 Å². The number of nitrogens with two attached hydrogens (primary N) is 6. The van der Waals surface area contributed by atoms with Gasteiger partial charge in [-0.15, -0.1) is 0 Å². The number of aliphatic imine (C=N–C) groups is 1. The fourth-order valence-corrected chi connectivity index (χ4v) is 5.07. The smallest absolute Gasteiger partial charge is 0.326 e. The number of carboxylic acids is 4. The molecule has 0 aliphatic carbocycles. The average Bonchev–Trinajstić information content (AvgIpc) is 3.21. The molecule has 60 heavy (non-hydrogen) atoms. The van der Waals surface area contributed by atoms with Gasteiger partial charge < -0.3 is 60.1 Å². The number of halogens is 1. The van der Waals surface area contributed by atoms with Crippen molar-refractivity contribution in [3.8, 4) is 0 Å². The van der Waals surface area contributed by atoms with Crippen molar-refractivity contribution in [1.82, 2.24) is 0 Å². The second kappa shape index (κ2) is 26.1. The van der Waals surface area contributed by atoms with Gasteiger partial charge in [-0.05, 0) is 90.0 Å². The van der Waals surface area contributed by atoms with Gasteiger partial charge in [-0.2, -0.15) is 0 Å². The molecule has 16 nitrogen and oxygen atoms in total. The molecule has 0 radical (unpaired) electrons. The Labute approximate surface area is 352 Å². The first-order chi connectivity index (χ1) is 28.4. The summed E-state index contributed by atoms with van der Waals surface area (Å²) in [6.07, 6.45) is 1.39. The summed E-state index contributed by atoms with van der Waals surface area (Å²) in [6.45, 7) is 0. The van der Waals surface area contributed by atoms with Crippen molar-refractivity contribution in [3.63, 3.8) is 0 Å². The van der Waals surface area contributed by atoms with Gasteiger partial charge in [0.05, 0.1) is 5.69 Å². The number of benzene rings is 5. The number of anilines is 2. The third-order valence-corrected chi connectivity index (χ3v) is 8.35. The summed E-state index contributed by atoms with van der Waals surface area (Å²) in [5.74, 6) is -3.86. The lowest BCUT2D eigenvalue weighted by Crippen LogP contribution is -2.32. The molecule has 17 N–H and O–H groups in total. The van der Waals surface area contributed by atoms with Gasteiger partial charge in [-0.25, -0.2) is 9.79 Å². The summed E-state index contributed by atoms with van der Waals surface area (Å²) < 4.78 is 0. The van der Waals surface area contributed by atoms with E-state index in [1.54, 1.807) is 72.8 Å². The largest absolute Gasteiger partial charge is 0.480 e. The molecule has 0 aliphatic heterocycles. The molecule has 0 aromatic heterocycles. The predicted octanol–water partition coefficient (Wildman–Crippen LogP) is 3.86. The van der Waals surface area contributed by atoms with Crippen LogP contribution in [0.1, 0.15) is 22.3 Å². The van der Waals surface area contributed by atoms with Gasteiger partial charge in [0.15, 0.2) is 5.96 Å². The van der Waals surface area contributed by atoms with Gasteiger partial charge >= 0.3 is 23.9 Å². The van der Waals surface area contributed by atoms with Crippen molar-refractivity contribution < 1.29 is 39.6 Å². The zero-order valence-electron chi connectivity index (χ0n) is 32.6. The third kappa shape index (κ3) is 20.4. The molecule has 0 heterocycles. The van der Waals surface area contributed by atoms with Crippen LogP contribution in [-0.4, -0.2) is 74.4 Å². The van der Waals surface area contributed by atoms with Crippen LogP contribution in [0.25, 0.3) is 0 Å². The fraction of sp³-hybridized carbons (Fsp3) is 0.186. The highest BCUT2D eigenvalue weighted by Crippen LogP contribution is 2.15. The van der Waals surface area contributed by atoms with Crippen LogP contribution in [0, 0.1) is 0 Å². The molecule has 5 rings (SSSR count). The number of carbonyl (C=O) groups is 4. The van der Waals surface area contributed by atoms with Gasteiger partial charge in [0.2, 0.25) is 0 Å². The van der Waals surface area contributed by atoms with E-state index in [9.17, 15) is 24.3 Å². The summed E-state index contributed by atoms with van der Waals surface area (Å²) in [4.78, 5) is 46.5. The number of carboxylic acid groups (broad SMARTS) is 4. The van der Waals surface area contributed by atoms with E-state index >= 15 is 0 Å². The molecule has 4 atom stereocenters. The molecular weight excluding hydrogens is 792 g/mol. The Hall–Kier alpha value is -6.98. The maximum absolute atomic E-state index is 11.2. The van der Waals surface area contributed by atoms with Crippen molar-refractivity contribution in [2.75, 3.05) is 11.1 Å². The SMILES string of the molecule is NC(N)=Nc1ccc(C[C@H](N)C(=O)O)cc1.N[C@@H](Cc1ccc(Cl)cc1)C(=O)O.Nc1ccc(C[C@H](N)C(=O)O)cc1.O=C(O)[C@H](Cc1ccccc1)Nc1ccccc1. The van der Waals surface area contributed by atoms with Crippen molar-refractivity contribution >= 4 is 58.5 Å². The van der Waals surface area contributed by atoms with Crippen molar-refractivity contribution in [3.05, 3.63) is 161 Å². The Morgan fingerprint density at radius 2 is 0.883 bits per heavy atom. The molecule has 17 heteroatoms. The molecule has 0 aliphatic rings. The number of hydrogen-bond donors (Lipinski definition) is 11. The Kier molecular flexibility index (Phi) is 21.4. The first-order valence-electron chi connectivity index (χ1n) is 18.2. The third-order valence-electron chi connectivity index (χ3n) is 8.10. The first-order valence-corrected chi connectivity index (χ1v) is 18.6. The van der Waals surface area contributed by atoms with Crippen molar-refractivity contribution in [2.45, 2.75) is 49.9 Å². The average molecular weight is 843 g/mol. The van der Waals surface area contributed by atoms with Crippen LogP contribution in [-0.2, 0) is 44.9 Å². The molecule has 0 bridgehead atoms. The lowest BCUT2D eigenvalue weighted by Gasteiger charge is -2.15. The van der Waals surface area contributed by atoms with Crippen LogP contribution < -0.4 is 39.7 Å². The number of nitrogens with one attached hydrogen (secondary N) is 1. The zero-order chi connectivity index (χ0) is 44.6. The summed E-state index contributed by atoms with van der Waals surface area (Å²) in [6, 6.07) is 36.6. The maximum Gasteiger partial charge on any atom is 0.326 e. The molecule has 318 valence electrons. The molecule has 0 saturated carbocycles. The Bertz CT molecular complexity index is 1980. The monoisotopic (exact) mass is 842 g/mol. The van der Waals surface area contributed by atoms with E-state index in [1.165, 1.54) is 0 Å². The van der Waals surface area contributed by atoms with E-state index < -0.39 is 48.0 Å². The lowest BCUT2D eigenvalue weighted by molar-refractivity contribution is -0.139. The van der Waals surface area contributed by atoms with Crippen LogP contribution in [0.2, 0.25) is 5.02 Å². The van der Waals surface area contributed by atoms with E-state index in [0.29, 0.717) is 35.7 Å². The lowest BCUT2D eigenvalue weighted by atomic mass is 10.1. The van der Waals surface area contributed by atoms with Crippen LogP contribution in [0.5, 0.6) is 0 Å². The number of para-hydroxylation sites is 1. The highest BCUT2D eigenvalue weighted by molar-refractivity contribution is 6.30. The Balaban J connectivity index is 0.000000278. The van der Waals surface area contributed by atoms with Crippen LogP contribution in [0.15, 0.2) is 138 Å². The second-order valence-electron chi connectivity index (χ2n) is 13.1. The molecule has 0 spiro atoms. The predicted molar refractivity (Wildman–Crippen MR) is 234 cm³/mol. The van der Waals surface area contributed by atoms with Gasteiger partial charge in [0.25, 0.3) is 0 Å². The minimum atomic E-state index is -1.02.